The summed E-state index contributed by atoms with van der Waals surface area (Å²) < 4.78 is 5.89. The fourth-order valence-corrected chi connectivity index (χ4v) is 3.10. The number of carbonyl (C=O) groups excluding carboxylic acids is 1. The predicted octanol–water partition coefficient (Wildman–Crippen LogP) is 3.11. The molecule has 22 heavy (non-hydrogen) atoms. The van der Waals surface area contributed by atoms with Crippen LogP contribution in [-0.2, 0) is 9.53 Å². The Labute approximate surface area is 131 Å². The van der Waals surface area contributed by atoms with Gasteiger partial charge in [-0.3, -0.25) is 4.79 Å². The highest BCUT2D eigenvalue weighted by Gasteiger charge is 2.49. The molecule has 1 aliphatic rings. The molecule has 114 valence electrons. The van der Waals surface area contributed by atoms with E-state index in [1.54, 1.807) is 0 Å². The third-order valence-electron chi connectivity index (χ3n) is 4.25. The minimum absolute atomic E-state index is 0.0478. The smallest absolute Gasteiger partial charge is 0.306 e. The molecule has 0 amide bonds. The minimum Gasteiger partial charge on any atom is -0.455 e. The number of rotatable bonds is 5. The quantitative estimate of drug-likeness (QED) is 0.861. The summed E-state index contributed by atoms with van der Waals surface area (Å²) in [5.41, 5.74) is 1.87. The second-order valence-corrected chi connectivity index (χ2v) is 5.75. The lowest BCUT2D eigenvalue weighted by Crippen LogP contribution is -2.65. The van der Waals surface area contributed by atoms with Crippen LogP contribution in [0.4, 0.5) is 0 Å². The molecule has 2 aromatic rings. The van der Waals surface area contributed by atoms with Crippen LogP contribution in [0.25, 0.3) is 0 Å². The van der Waals surface area contributed by atoms with Gasteiger partial charge in [-0.25, -0.2) is 0 Å². The molecule has 2 aromatic carbocycles. The normalized spacial score (nSPS) is 16.1. The van der Waals surface area contributed by atoms with Gasteiger partial charge in [0.05, 0.1) is 5.92 Å². The first-order valence-electron chi connectivity index (χ1n) is 7.77. The van der Waals surface area contributed by atoms with Crippen LogP contribution in [0.3, 0.4) is 0 Å². The lowest BCUT2D eigenvalue weighted by molar-refractivity contribution is -0.167. The Balaban J connectivity index is 2.03. The number of hydrogen-bond donors (Lipinski definition) is 1. The summed E-state index contributed by atoms with van der Waals surface area (Å²) >= 11 is 0. The van der Waals surface area contributed by atoms with E-state index in [1.807, 2.05) is 43.3 Å². The third kappa shape index (κ3) is 2.77. The SMILES string of the molecule is CCC(=O)OC1(C(c2ccccc2)c2ccccc2)CNC1. The summed E-state index contributed by atoms with van der Waals surface area (Å²) in [6.45, 7) is 3.21. The van der Waals surface area contributed by atoms with Crippen LogP contribution in [0.5, 0.6) is 0 Å². The van der Waals surface area contributed by atoms with Crippen LogP contribution in [0, 0.1) is 0 Å². The maximum absolute atomic E-state index is 11.9. The van der Waals surface area contributed by atoms with Gasteiger partial charge >= 0.3 is 5.97 Å². The second-order valence-electron chi connectivity index (χ2n) is 5.75. The van der Waals surface area contributed by atoms with Crippen LogP contribution in [0.1, 0.15) is 30.4 Å². The Morgan fingerprint density at radius 3 is 1.91 bits per heavy atom. The van der Waals surface area contributed by atoms with Gasteiger partial charge in [0.25, 0.3) is 0 Å². The number of carbonyl (C=O) groups is 1. The summed E-state index contributed by atoms with van der Waals surface area (Å²) in [5, 5.41) is 3.27. The molecule has 0 radical (unpaired) electrons. The van der Waals surface area contributed by atoms with E-state index < -0.39 is 5.60 Å². The average Bonchev–Trinajstić information content (AvgIpc) is 2.54. The first-order chi connectivity index (χ1) is 10.7. The van der Waals surface area contributed by atoms with E-state index in [0.29, 0.717) is 19.5 Å². The molecule has 0 bridgehead atoms. The van der Waals surface area contributed by atoms with Gasteiger partial charge in [0, 0.05) is 19.5 Å². The van der Waals surface area contributed by atoms with E-state index in [2.05, 4.69) is 29.6 Å². The molecule has 1 aliphatic heterocycles. The maximum atomic E-state index is 11.9. The van der Waals surface area contributed by atoms with E-state index in [1.165, 1.54) is 11.1 Å². The monoisotopic (exact) mass is 295 g/mol. The van der Waals surface area contributed by atoms with Gasteiger partial charge in [-0.2, -0.15) is 0 Å². The fraction of sp³-hybridized carbons (Fsp3) is 0.316. The Kier molecular flexibility index (Phi) is 4.25. The van der Waals surface area contributed by atoms with Crippen LogP contribution in [0.15, 0.2) is 60.7 Å². The minimum atomic E-state index is -0.490. The molecule has 3 nitrogen and oxygen atoms in total. The summed E-state index contributed by atoms with van der Waals surface area (Å²) in [6.07, 6.45) is 0.401. The molecule has 0 aliphatic carbocycles. The Morgan fingerprint density at radius 1 is 1.05 bits per heavy atom. The maximum Gasteiger partial charge on any atom is 0.306 e. The standard InChI is InChI=1S/C19H21NO2/c1-2-17(21)22-19(13-20-14-19)18(15-9-5-3-6-10-15)16-11-7-4-8-12-16/h3-12,18,20H,2,13-14H2,1H3. The summed E-state index contributed by atoms with van der Waals surface area (Å²) in [5.74, 6) is -0.0926. The third-order valence-corrected chi connectivity index (χ3v) is 4.25. The van der Waals surface area contributed by atoms with Gasteiger partial charge in [-0.1, -0.05) is 67.6 Å². The van der Waals surface area contributed by atoms with E-state index in [9.17, 15) is 4.79 Å². The lowest BCUT2D eigenvalue weighted by Gasteiger charge is -2.47. The van der Waals surface area contributed by atoms with Gasteiger partial charge < -0.3 is 10.1 Å². The highest BCUT2D eigenvalue weighted by atomic mass is 16.6. The first kappa shape index (κ1) is 14.8. The Morgan fingerprint density at radius 2 is 1.55 bits per heavy atom. The van der Waals surface area contributed by atoms with Gasteiger partial charge in [0.2, 0.25) is 0 Å². The van der Waals surface area contributed by atoms with E-state index >= 15 is 0 Å². The van der Waals surface area contributed by atoms with E-state index in [4.69, 9.17) is 4.74 Å². The number of benzene rings is 2. The Hall–Kier alpha value is -2.13. The van der Waals surface area contributed by atoms with Crippen molar-refractivity contribution in [2.75, 3.05) is 13.1 Å². The van der Waals surface area contributed by atoms with Crippen LogP contribution < -0.4 is 5.32 Å². The zero-order valence-corrected chi connectivity index (χ0v) is 12.8. The summed E-state index contributed by atoms with van der Waals surface area (Å²) in [7, 11) is 0. The van der Waals surface area contributed by atoms with Crippen molar-refractivity contribution in [1.29, 1.82) is 0 Å². The number of esters is 1. The zero-order chi connectivity index (χ0) is 15.4. The first-order valence-corrected chi connectivity index (χ1v) is 7.77. The molecule has 0 aromatic heterocycles. The molecule has 0 unspecified atom stereocenters. The van der Waals surface area contributed by atoms with Crippen LogP contribution >= 0.6 is 0 Å². The molecule has 3 rings (SSSR count). The highest BCUT2D eigenvalue weighted by molar-refractivity contribution is 5.70. The van der Waals surface area contributed by atoms with Crippen molar-refractivity contribution >= 4 is 5.97 Å². The van der Waals surface area contributed by atoms with E-state index in [-0.39, 0.29) is 11.9 Å². The molecular formula is C19H21NO2. The van der Waals surface area contributed by atoms with Crippen molar-refractivity contribution in [3.05, 3.63) is 71.8 Å². The van der Waals surface area contributed by atoms with Crippen LogP contribution in [-0.4, -0.2) is 24.7 Å². The second kappa shape index (κ2) is 6.32. The van der Waals surface area contributed by atoms with Gasteiger partial charge in [-0.05, 0) is 11.1 Å². The lowest BCUT2D eigenvalue weighted by atomic mass is 9.73. The largest absolute Gasteiger partial charge is 0.455 e. The predicted molar refractivity (Wildman–Crippen MR) is 86.7 cm³/mol. The highest BCUT2D eigenvalue weighted by Crippen LogP contribution is 2.40. The molecule has 1 fully saturated rings. The van der Waals surface area contributed by atoms with Crippen molar-refractivity contribution in [1.82, 2.24) is 5.32 Å². The number of ether oxygens (including phenoxy) is 1. The zero-order valence-electron chi connectivity index (χ0n) is 12.8. The number of nitrogens with one attached hydrogen (secondary N) is 1. The van der Waals surface area contributed by atoms with E-state index in [0.717, 1.165) is 0 Å². The van der Waals surface area contributed by atoms with Crippen molar-refractivity contribution in [2.24, 2.45) is 0 Å². The Bertz CT molecular complexity index is 581. The average molecular weight is 295 g/mol. The number of hydrogen-bond acceptors (Lipinski definition) is 3. The molecular weight excluding hydrogens is 274 g/mol. The van der Waals surface area contributed by atoms with Crippen molar-refractivity contribution in [3.63, 3.8) is 0 Å². The molecule has 1 saturated heterocycles. The molecule has 0 saturated carbocycles. The molecule has 1 heterocycles. The van der Waals surface area contributed by atoms with Crippen molar-refractivity contribution in [2.45, 2.75) is 24.9 Å². The van der Waals surface area contributed by atoms with Crippen LogP contribution in [0.2, 0.25) is 0 Å². The molecule has 0 spiro atoms. The van der Waals surface area contributed by atoms with Crippen molar-refractivity contribution in [3.8, 4) is 0 Å². The molecule has 3 heteroatoms. The topological polar surface area (TPSA) is 38.3 Å². The summed E-state index contributed by atoms with van der Waals surface area (Å²) in [4.78, 5) is 11.9. The van der Waals surface area contributed by atoms with Gasteiger partial charge in [0.15, 0.2) is 0 Å². The van der Waals surface area contributed by atoms with Gasteiger partial charge in [-0.15, -0.1) is 0 Å². The van der Waals surface area contributed by atoms with Gasteiger partial charge in [0.1, 0.15) is 5.60 Å². The van der Waals surface area contributed by atoms with Crippen molar-refractivity contribution < 1.29 is 9.53 Å². The molecule has 1 N–H and O–H groups in total. The fourth-order valence-electron chi connectivity index (χ4n) is 3.10. The molecule has 0 atom stereocenters. The summed E-state index contributed by atoms with van der Waals surface area (Å²) in [6, 6.07) is 20.6.